The number of rotatable bonds is 4. The first-order chi connectivity index (χ1) is 13.5. The van der Waals surface area contributed by atoms with Gasteiger partial charge in [-0.05, 0) is 52.8 Å². The molecule has 0 N–H and O–H groups in total. The van der Waals surface area contributed by atoms with Crippen LogP contribution in [0.25, 0.3) is 0 Å². The minimum atomic E-state index is -0.901. The highest BCUT2D eigenvalue weighted by atomic mass is 35.5. The summed E-state index contributed by atoms with van der Waals surface area (Å²) in [6.45, 7) is 10.2. The summed E-state index contributed by atoms with van der Waals surface area (Å²) in [5.74, 6) is 1.20. The number of hydrogen-bond donors (Lipinski definition) is 0. The molecule has 1 aliphatic rings. The van der Waals surface area contributed by atoms with E-state index in [9.17, 15) is 4.79 Å². The molecule has 9 heteroatoms. The summed E-state index contributed by atoms with van der Waals surface area (Å²) in [7, 11) is 0. The van der Waals surface area contributed by atoms with Crippen LogP contribution in [0.4, 0.5) is 4.79 Å². The van der Waals surface area contributed by atoms with Crippen molar-refractivity contribution in [1.29, 1.82) is 0 Å². The van der Waals surface area contributed by atoms with Gasteiger partial charge in [0.2, 0.25) is 0 Å². The van der Waals surface area contributed by atoms with Gasteiger partial charge < -0.3 is 18.7 Å². The number of morpholine rings is 1. The summed E-state index contributed by atoms with van der Waals surface area (Å²) >= 11 is 6.02. The Labute approximate surface area is 175 Å². The van der Waals surface area contributed by atoms with Gasteiger partial charge in [0.25, 0.3) is 5.89 Å². The summed E-state index contributed by atoms with van der Waals surface area (Å²) in [5.41, 5.74) is -1.50. The summed E-state index contributed by atoms with van der Waals surface area (Å²) in [6.07, 6.45) is -0.438. The zero-order chi connectivity index (χ0) is 21.2. The van der Waals surface area contributed by atoms with Gasteiger partial charge in [0, 0.05) is 11.6 Å². The molecule has 0 aliphatic carbocycles. The first kappa shape index (κ1) is 21.4. The molecule has 2 heterocycles. The van der Waals surface area contributed by atoms with E-state index in [2.05, 4.69) is 10.1 Å². The number of carbonyl (C=O) groups excluding carboxylic acids is 1. The van der Waals surface area contributed by atoms with Crippen molar-refractivity contribution in [3.63, 3.8) is 0 Å². The largest absolute Gasteiger partial charge is 0.478 e. The number of amides is 1. The standard InChI is InChI=1S/C20H26ClN3O5/c1-19(2,3)28-18(25)24-9-10-26-12-15(24)16-22-17(29-23-16)20(4,5)27-14-8-6-7-13(21)11-14/h6-8,11,15H,9-10,12H2,1-5H3/t15-/m0/s1. The number of ether oxygens (including phenoxy) is 3. The van der Waals surface area contributed by atoms with Gasteiger partial charge in [-0.25, -0.2) is 4.79 Å². The van der Waals surface area contributed by atoms with Crippen LogP contribution in [0.3, 0.4) is 0 Å². The van der Waals surface area contributed by atoms with Crippen LogP contribution >= 0.6 is 11.6 Å². The second kappa shape index (κ2) is 8.20. The quantitative estimate of drug-likeness (QED) is 0.722. The van der Waals surface area contributed by atoms with Crippen molar-refractivity contribution in [2.75, 3.05) is 19.8 Å². The topological polar surface area (TPSA) is 86.9 Å². The summed E-state index contributed by atoms with van der Waals surface area (Å²) < 4.78 is 22.5. The van der Waals surface area contributed by atoms with E-state index in [1.54, 1.807) is 29.2 Å². The third-order valence-corrected chi connectivity index (χ3v) is 4.42. The van der Waals surface area contributed by atoms with Crippen molar-refractivity contribution in [3.05, 3.63) is 41.0 Å². The first-order valence-electron chi connectivity index (χ1n) is 9.41. The van der Waals surface area contributed by atoms with Crippen LogP contribution in [0.15, 0.2) is 28.8 Å². The molecule has 0 spiro atoms. The first-order valence-corrected chi connectivity index (χ1v) is 9.79. The Morgan fingerprint density at radius 2 is 2.03 bits per heavy atom. The Kier molecular flexibility index (Phi) is 6.05. The average Bonchev–Trinajstić information content (AvgIpc) is 3.11. The maximum Gasteiger partial charge on any atom is 0.411 e. The van der Waals surface area contributed by atoms with E-state index in [1.807, 2.05) is 34.6 Å². The summed E-state index contributed by atoms with van der Waals surface area (Å²) in [6, 6.07) is 6.56. The van der Waals surface area contributed by atoms with E-state index in [-0.39, 0.29) is 12.5 Å². The fraction of sp³-hybridized carbons (Fsp3) is 0.550. The van der Waals surface area contributed by atoms with Crippen LogP contribution in [-0.4, -0.2) is 46.5 Å². The lowest BCUT2D eigenvalue weighted by atomic mass is 10.1. The lowest BCUT2D eigenvalue weighted by Crippen LogP contribution is -2.46. The highest BCUT2D eigenvalue weighted by Crippen LogP contribution is 2.30. The second-order valence-corrected chi connectivity index (χ2v) is 8.73. The van der Waals surface area contributed by atoms with Gasteiger partial charge in [-0.15, -0.1) is 0 Å². The molecule has 1 saturated heterocycles. The maximum atomic E-state index is 12.6. The van der Waals surface area contributed by atoms with Crippen molar-refractivity contribution in [3.8, 4) is 5.75 Å². The van der Waals surface area contributed by atoms with Crippen LogP contribution in [0.1, 0.15) is 52.4 Å². The summed E-state index contributed by atoms with van der Waals surface area (Å²) in [4.78, 5) is 18.7. The fourth-order valence-electron chi connectivity index (χ4n) is 2.84. The lowest BCUT2D eigenvalue weighted by Gasteiger charge is -2.34. The van der Waals surface area contributed by atoms with Crippen molar-refractivity contribution in [2.45, 2.75) is 51.9 Å². The van der Waals surface area contributed by atoms with Gasteiger partial charge in [-0.2, -0.15) is 4.98 Å². The van der Waals surface area contributed by atoms with E-state index >= 15 is 0 Å². The monoisotopic (exact) mass is 423 g/mol. The third kappa shape index (κ3) is 5.39. The highest BCUT2D eigenvalue weighted by Gasteiger charge is 2.37. The van der Waals surface area contributed by atoms with Gasteiger partial charge in [-0.3, -0.25) is 4.90 Å². The molecule has 0 bridgehead atoms. The lowest BCUT2D eigenvalue weighted by molar-refractivity contribution is -0.0354. The zero-order valence-corrected chi connectivity index (χ0v) is 18.0. The number of hydrogen-bond acceptors (Lipinski definition) is 7. The van der Waals surface area contributed by atoms with E-state index in [0.29, 0.717) is 29.7 Å². The molecule has 1 fully saturated rings. The Morgan fingerprint density at radius 3 is 2.72 bits per heavy atom. The molecule has 2 aromatic rings. The van der Waals surface area contributed by atoms with E-state index < -0.39 is 23.3 Å². The molecule has 29 heavy (non-hydrogen) atoms. The van der Waals surface area contributed by atoms with Gasteiger partial charge >= 0.3 is 6.09 Å². The molecule has 0 unspecified atom stereocenters. The van der Waals surface area contributed by atoms with Crippen LogP contribution < -0.4 is 4.74 Å². The van der Waals surface area contributed by atoms with Gasteiger partial charge in [-0.1, -0.05) is 22.8 Å². The number of nitrogens with zero attached hydrogens (tertiary/aromatic N) is 3. The Bertz CT molecular complexity index is 862. The average molecular weight is 424 g/mol. The van der Waals surface area contributed by atoms with Crippen molar-refractivity contribution in [1.82, 2.24) is 15.0 Å². The molecule has 3 rings (SSSR count). The number of aromatic nitrogens is 2. The zero-order valence-electron chi connectivity index (χ0n) is 17.3. The molecule has 1 aromatic heterocycles. The Balaban J connectivity index is 1.78. The number of benzene rings is 1. The molecule has 1 atom stereocenters. The molecular formula is C20H26ClN3O5. The minimum Gasteiger partial charge on any atom is -0.478 e. The van der Waals surface area contributed by atoms with Crippen LogP contribution in [0, 0.1) is 0 Å². The SMILES string of the molecule is CC(C)(C)OC(=O)N1CCOC[C@H]1c1noc(C(C)(C)Oc2cccc(Cl)c2)n1. The Morgan fingerprint density at radius 1 is 1.28 bits per heavy atom. The predicted octanol–water partition coefficient (Wildman–Crippen LogP) is 4.35. The second-order valence-electron chi connectivity index (χ2n) is 8.29. The van der Waals surface area contributed by atoms with E-state index in [0.717, 1.165) is 0 Å². The molecule has 0 saturated carbocycles. The molecule has 158 valence electrons. The van der Waals surface area contributed by atoms with E-state index in [1.165, 1.54) is 0 Å². The van der Waals surface area contributed by atoms with Gasteiger partial charge in [0.1, 0.15) is 17.4 Å². The van der Waals surface area contributed by atoms with Crippen LogP contribution in [-0.2, 0) is 15.1 Å². The number of halogens is 1. The smallest absolute Gasteiger partial charge is 0.411 e. The minimum absolute atomic E-state index is 0.258. The van der Waals surface area contributed by atoms with Crippen molar-refractivity contribution in [2.24, 2.45) is 0 Å². The Hall–Kier alpha value is -2.32. The highest BCUT2D eigenvalue weighted by molar-refractivity contribution is 6.30. The summed E-state index contributed by atoms with van der Waals surface area (Å²) in [5, 5.41) is 4.64. The molecule has 1 aliphatic heterocycles. The van der Waals surface area contributed by atoms with Gasteiger partial charge in [0.15, 0.2) is 11.4 Å². The third-order valence-electron chi connectivity index (χ3n) is 4.18. The van der Waals surface area contributed by atoms with Crippen molar-refractivity contribution < 1.29 is 23.5 Å². The van der Waals surface area contributed by atoms with Crippen LogP contribution in [0.5, 0.6) is 5.75 Å². The molecular weight excluding hydrogens is 398 g/mol. The normalized spacial score (nSPS) is 17.9. The number of carbonyl (C=O) groups is 1. The predicted molar refractivity (Wildman–Crippen MR) is 106 cm³/mol. The maximum absolute atomic E-state index is 12.6. The van der Waals surface area contributed by atoms with Crippen molar-refractivity contribution >= 4 is 17.7 Å². The molecule has 1 aromatic carbocycles. The van der Waals surface area contributed by atoms with Crippen LogP contribution in [0.2, 0.25) is 5.02 Å². The van der Waals surface area contributed by atoms with Gasteiger partial charge in [0.05, 0.1) is 13.2 Å². The fourth-order valence-corrected chi connectivity index (χ4v) is 3.02. The van der Waals surface area contributed by atoms with E-state index in [4.69, 9.17) is 30.3 Å². The molecule has 8 nitrogen and oxygen atoms in total. The molecule has 1 amide bonds. The molecule has 0 radical (unpaired) electrons.